The average molecular weight is 610 g/mol. The summed E-state index contributed by atoms with van der Waals surface area (Å²) >= 11 is 6.16. The van der Waals surface area contributed by atoms with Crippen LogP contribution in [0.25, 0.3) is 16.6 Å². The summed E-state index contributed by atoms with van der Waals surface area (Å²) in [7, 11) is 4.49. The van der Waals surface area contributed by atoms with Crippen LogP contribution in [-0.2, 0) is 0 Å². The Kier molecular flexibility index (Phi) is 10.6. The first-order valence-corrected chi connectivity index (χ1v) is 14.7. The lowest BCUT2D eigenvalue weighted by molar-refractivity contribution is 0.0654. The Bertz CT molecular complexity index is 1630. The van der Waals surface area contributed by atoms with Crippen molar-refractivity contribution in [2.24, 2.45) is 0 Å². The second kappa shape index (κ2) is 14.4. The number of benzene rings is 3. The maximum absolute atomic E-state index is 14.4. The lowest BCUT2D eigenvalue weighted by atomic mass is 10.1. The molecule has 0 saturated carbocycles. The number of methoxy groups -OCH3 is 3. The number of unbranched alkanes of at least 4 members (excludes halogenated alkanes) is 3. The highest BCUT2D eigenvalue weighted by molar-refractivity contribution is 6.30. The van der Waals surface area contributed by atoms with E-state index >= 15 is 0 Å². The minimum atomic E-state index is -0.616. The summed E-state index contributed by atoms with van der Waals surface area (Å²) < 4.78 is 32.1. The van der Waals surface area contributed by atoms with E-state index in [1.807, 2.05) is 13.0 Å². The Morgan fingerprint density at radius 2 is 1.67 bits per heavy atom. The van der Waals surface area contributed by atoms with E-state index in [0.29, 0.717) is 58.2 Å². The Hall–Kier alpha value is -4.11. The van der Waals surface area contributed by atoms with E-state index in [2.05, 4.69) is 6.92 Å². The third-order valence-electron chi connectivity index (χ3n) is 7.45. The molecule has 0 N–H and O–H groups in total. The van der Waals surface area contributed by atoms with Crippen molar-refractivity contribution < 1.29 is 23.4 Å². The van der Waals surface area contributed by atoms with Gasteiger partial charge in [-0.05, 0) is 55.3 Å². The molecule has 1 aromatic heterocycles. The van der Waals surface area contributed by atoms with Gasteiger partial charge >= 0.3 is 0 Å². The molecule has 1 unspecified atom stereocenters. The first-order chi connectivity index (χ1) is 20.8. The number of fused-ring (bicyclic) bond motifs is 1. The maximum Gasteiger partial charge on any atom is 0.266 e. The van der Waals surface area contributed by atoms with Gasteiger partial charge in [-0.1, -0.05) is 56.8 Å². The van der Waals surface area contributed by atoms with Gasteiger partial charge in [0.15, 0.2) is 11.5 Å². The van der Waals surface area contributed by atoms with E-state index in [4.69, 9.17) is 30.8 Å². The molecule has 228 valence electrons. The monoisotopic (exact) mass is 609 g/mol. The van der Waals surface area contributed by atoms with Crippen LogP contribution in [0.5, 0.6) is 17.2 Å². The Labute approximate surface area is 256 Å². The van der Waals surface area contributed by atoms with Crippen LogP contribution in [0, 0.1) is 5.82 Å². The number of amides is 1. The van der Waals surface area contributed by atoms with Crippen LogP contribution >= 0.6 is 11.6 Å². The zero-order chi connectivity index (χ0) is 31.1. The van der Waals surface area contributed by atoms with E-state index in [1.54, 1.807) is 35.2 Å². The number of nitrogens with zero attached hydrogens (tertiary/aromatic N) is 3. The number of aromatic nitrogens is 2. The predicted octanol–water partition coefficient (Wildman–Crippen LogP) is 7.38. The van der Waals surface area contributed by atoms with E-state index in [9.17, 15) is 14.0 Å². The zero-order valence-corrected chi connectivity index (χ0v) is 25.9. The van der Waals surface area contributed by atoms with Gasteiger partial charge in [-0.25, -0.2) is 9.37 Å². The number of hydrogen-bond acceptors (Lipinski definition) is 6. The highest BCUT2D eigenvalue weighted by Crippen LogP contribution is 2.39. The van der Waals surface area contributed by atoms with Crippen LogP contribution in [-0.4, -0.2) is 48.2 Å². The van der Waals surface area contributed by atoms with Gasteiger partial charge in [-0.3, -0.25) is 14.2 Å². The number of carbonyl (C=O) groups excluding carboxylic acids is 1. The smallest absolute Gasteiger partial charge is 0.266 e. The van der Waals surface area contributed by atoms with Crippen LogP contribution in [0.2, 0.25) is 5.02 Å². The number of ether oxygens (including phenoxy) is 3. The maximum atomic E-state index is 14.4. The van der Waals surface area contributed by atoms with E-state index < -0.39 is 11.9 Å². The molecule has 0 saturated heterocycles. The molecule has 43 heavy (non-hydrogen) atoms. The highest BCUT2D eigenvalue weighted by Gasteiger charge is 2.31. The van der Waals surface area contributed by atoms with E-state index in [0.717, 1.165) is 25.7 Å². The fourth-order valence-corrected chi connectivity index (χ4v) is 5.44. The third-order valence-corrected chi connectivity index (χ3v) is 7.74. The molecule has 8 nitrogen and oxygen atoms in total. The van der Waals surface area contributed by atoms with E-state index in [1.165, 1.54) is 44.1 Å². The summed E-state index contributed by atoms with van der Waals surface area (Å²) in [5.41, 5.74) is 0.849. The minimum Gasteiger partial charge on any atom is -0.493 e. The first-order valence-electron chi connectivity index (χ1n) is 14.4. The molecule has 0 aliphatic carbocycles. The largest absolute Gasteiger partial charge is 0.493 e. The normalized spacial score (nSPS) is 11.8. The number of rotatable bonds is 13. The molecule has 10 heteroatoms. The van der Waals surface area contributed by atoms with Crippen molar-refractivity contribution in [1.82, 2.24) is 14.5 Å². The van der Waals surface area contributed by atoms with Crippen molar-refractivity contribution in [2.45, 2.75) is 52.0 Å². The lowest BCUT2D eigenvalue weighted by Gasteiger charge is -2.33. The molecule has 3 aromatic carbocycles. The SMILES string of the molecule is CCCCCCN(C(=O)c1cc(OC)c(OC)c(OC)c1)C(CC)c1nc2ccccc2c(=O)n1-c1ccc(F)c(Cl)c1. The molecule has 0 fully saturated rings. The summed E-state index contributed by atoms with van der Waals surface area (Å²) in [6.45, 7) is 4.48. The molecular formula is C33H37ClFN3O5. The fourth-order valence-electron chi connectivity index (χ4n) is 5.27. The van der Waals surface area contributed by atoms with Crippen LogP contribution in [0.4, 0.5) is 4.39 Å². The van der Waals surface area contributed by atoms with Crippen molar-refractivity contribution in [3.05, 3.63) is 87.2 Å². The summed E-state index contributed by atoms with van der Waals surface area (Å²) in [4.78, 5) is 35.1. The van der Waals surface area contributed by atoms with Crippen molar-refractivity contribution >= 4 is 28.4 Å². The Balaban J connectivity index is 1.94. The van der Waals surface area contributed by atoms with Crippen LogP contribution < -0.4 is 19.8 Å². The van der Waals surface area contributed by atoms with Crippen molar-refractivity contribution in [3.8, 4) is 22.9 Å². The highest BCUT2D eigenvalue weighted by atomic mass is 35.5. The van der Waals surface area contributed by atoms with Crippen LogP contribution in [0.3, 0.4) is 0 Å². The molecule has 0 aliphatic rings. The molecule has 4 rings (SSSR count). The fraction of sp³-hybridized carbons (Fsp3) is 0.364. The molecule has 1 amide bonds. The second-order valence-electron chi connectivity index (χ2n) is 10.1. The van der Waals surface area contributed by atoms with Crippen LogP contribution in [0.15, 0.2) is 59.4 Å². The van der Waals surface area contributed by atoms with Gasteiger partial charge in [0, 0.05) is 12.1 Å². The van der Waals surface area contributed by atoms with Gasteiger partial charge in [0.05, 0.1) is 49.0 Å². The average Bonchev–Trinajstić information content (AvgIpc) is 3.02. The minimum absolute atomic E-state index is 0.124. The van der Waals surface area contributed by atoms with E-state index in [-0.39, 0.29) is 16.5 Å². The second-order valence-corrected chi connectivity index (χ2v) is 10.5. The number of hydrogen-bond donors (Lipinski definition) is 0. The lowest BCUT2D eigenvalue weighted by Crippen LogP contribution is -2.39. The topological polar surface area (TPSA) is 82.9 Å². The van der Waals surface area contributed by atoms with Crippen molar-refractivity contribution in [3.63, 3.8) is 0 Å². The Morgan fingerprint density at radius 3 is 2.28 bits per heavy atom. The number of carbonyl (C=O) groups is 1. The molecule has 0 radical (unpaired) electrons. The van der Waals surface area contributed by atoms with Gasteiger partial charge in [-0.15, -0.1) is 0 Å². The molecule has 0 aliphatic heterocycles. The first kappa shape index (κ1) is 31.8. The summed E-state index contributed by atoms with van der Waals surface area (Å²) in [5.74, 6) is 0.549. The number of halogens is 2. The standard InChI is InChI=1S/C33H37ClFN3O5/c1-6-8-9-12-17-37(32(39)21-18-28(41-3)30(43-5)29(19-21)42-4)27(7-2)31-36-26-14-11-10-13-23(26)33(40)38(31)22-15-16-25(35)24(34)20-22/h10-11,13-16,18-20,27H,6-9,12,17H2,1-5H3. The predicted molar refractivity (Wildman–Crippen MR) is 167 cm³/mol. The van der Waals surface area contributed by atoms with Gasteiger partial charge < -0.3 is 19.1 Å². The number of para-hydroxylation sites is 1. The summed E-state index contributed by atoms with van der Waals surface area (Å²) in [5, 5.41) is 0.272. The van der Waals surface area contributed by atoms with Crippen LogP contribution in [0.1, 0.15) is 68.2 Å². The molecule has 0 bridgehead atoms. The molecule has 0 spiro atoms. The van der Waals surface area contributed by atoms with Gasteiger partial charge in [0.25, 0.3) is 11.5 Å². The molecule has 1 heterocycles. The molecular weight excluding hydrogens is 573 g/mol. The van der Waals surface area contributed by atoms with Gasteiger partial charge in [-0.2, -0.15) is 0 Å². The summed E-state index contributed by atoms with van der Waals surface area (Å²) in [6.07, 6.45) is 4.19. The third kappa shape index (κ3) is 6.62. The zero-order valence-electron chi connectivity index (χ0n) is 25.2. The van der Waals surface area contributed by atoms with Crippen molar-refractivity contribution in [2.75, 3.05) is 27.9 Å². The molecule has 4 aromatic rings. The Morgan fingerprint density at radius 1 is 0.977 bits per heavy atom. The quantitative estimate of drug-likeness (QED) is 0.147. The summed E-state index contributed by atoms with van der Waals surface area (Å²) in [6, 6.07) is 13.8. The van der Waals surface area contributed by atoms with Crippen molar-refractivity contribution in [1.29, 1.82) is 0 Å². The van der Waals surface area contributed by atoms with Gasteiger partial charge in [0.1, 0.15) is 11.6 Å². The molecule has 1 atom stereocenters. The van der Waals surface area contributed by atoms with Gasteiger partial charge in [0.2, 0.25) is 5.75 Å².